The van der Waals surface area contributed by atoms with Crippen LogP contribution in [0.15, 0.2) is 47.4 Å². The molecule has 2 aromatic carbocycles. The maximum absolute atomic E-state index is 13.1. The number of carbonyl (C=O) groups is 3. The van der Waals surface area contributed by atoms with Crippen molar-refractivity contribution < 1.29 is 22.8 Å². The van der Waals surface area contributed by atoms with Crippen molar-refractivity contribution in [3.8, 4) is 0 Å². The van der Waals surface area contributed by atoms with E-state index in [0.29, 0.717) is 19.9 Å². The highest BCUT2D eigenvalue weighted by Gasteiger charge is 2.41. The molecule has 0 saturated heterocycles. The number of hydrogen-bond acceptors (Lipinski definition) is 5. The fraction of sp³-hybridized carbons (Fsp3) is 0.286. The summed E-state index contributed by atoms with van der Waals surface area (Å²) in [4.78, 5) is 39.1. The van der Waals surface area contributed by atoms with Crippen LogP contribution >= 0.6 is 23.2 Å². The van der Waals surface area contributed by atoms with Crippen molar-refractivity contribution in [1.82, 2.24) is 14.5 Å². The van der Waals surface area contributed by atoms with Gasteiger partial charge >= 0.3 is 0 Å². The highest BCUT2D eigenvalue weighted by atomic mass is 35.5. The molecule has 1 N–H and O–H groups in total. The van der Waals surface area contributed by atoms with Crippen molar-refractivity contribution in [2.45, 2.75) is 30.8 Å². The standard InChI is InChI=1S/C21H21Cl2N3O5S/c1-13(20(28)24-2)25(12-15-16(22)7-5-8-17(15)23)19(27)10-11-26-21(29)14-6-3-4-9-18(14)32(26,30)31/h3-9,13H,10-12H2,1-2H3,(H,24,28). The Bertz CT molecular complexity index is 1170. The fourth-order valence-electron chi connectivity index (χ4n) is 3.44. The molecule has 8 nitrogen and oxygen atoms in total. The zero-order chi connectivity index (χ0) is 23.6. The third-order valence-electron chi connectivity index (χ3n) is 5.24. The molecule has 170 valence electrons. The second kappa shape index (κ2) is 9.48. The van der Waals surface area contributed by atoms with Gasteiger partial charge in [-0.1, -0.05) is 41.4 Å². The average Bonchev–Trinajstić information content (AvgIpc) is 2.96. The lowest BCUT2D eigenvalue weighted by Gasteiger charge is -2.29. The molecule has 32 heavy (non-hydrogen) atoms. The lowest BCUT2D eigenvalue weighted by Crippen LogP contribution is -2.47. The molecule has 1 heterocycles. The largest absolute Gasteiger partial charge is 0.357 e. The molecular weight excluding hydrogens is 477 g/mol. The summed E-state index contributed by atoms with van der Waals surface area (Å²) in [5.74, 6) is -1.64. The Morgan fingerprint density at radius 3 is 2.31 bits per heavy atom. The molecule has 0 radical (unpaired) electrons. The van der Waals surface area contributed by atoms with Crippen molar-refractivity contribution in [3.05, 3.63) is 63.6 Å². The molecule has 3 rings (SSSR count). The van der Waals surface area contributed by atoms with E-state index in [0.717, 1.165) is 0 Å². The first-order valence-corrected chi connectivity index (χ1v) is 11.9. The number of benzene rings is 2. The number of halogens is 2. The summed E-state index contributed by atoms with van der Waals surface area (Å²) in [5.41, 5.74) is 0.524. The van der Waals surface area contributed by atoms with Gasteiger partial charge in [-0.3, -0.25) is 14.4 Å². The maximum atomic E-state index is 13.1. The third kappa shape index (κ3) is 4.46. The average molecular weight is 498 g/mol. The molecule has 2 aromatic rings. The van der Waals surface area contributed by atoms with E-state index in [2.05, 4.69) is 5.32 Å². The first-order chi connectivity index (χ1) is 15.1. The fourth-order valence-corrected chi connectivity index (χ4v) is 5.52. The van der Waals surface area contributed by atoms with Gasteiger partial charge in [0.1, 0.15) is 10.9 Å². The van der Waals surface area contributed by atoms with E-state index >= 15 is 0 Å². The van der Waals surface area contributed by atoms with Gasteiger partial charge in [-0.25, -0.2) is 12.7 Å². The van der Waals surface area contributed by atoms with Crippen molar-refractivity contribution in [1.29, 1.82) is 0 Å². The summed E-state index contributed by atoms with van der Waals surface area (Å²) < 4.78 is 26.1. The highest BCUT2D eigenvalue weighted by Crippen LogP contribution is 2.30. The number of sulfonamides is 1. The van der Waals surface area contributed by atoms with Gasteiger partial charge in [0.05, 0.1) is 5.56 Å². The summed E-state index contributed by atoms with van der Waals surface area (Å²) >= 11 is 12.5. The minimum atomic E-state index is -4.04. The first-order valence-electron chi connectivity index (χ1n) is 9.69. The number of nitrogens with one attached hydrogen (secondary N) is 1. The summed E-state index contributed by atoms with van der Waals surface area (Å²) in [6, 6.07) is 9.87. The monoisotopic (exact) mass is 497 g/mol. The van der Waals surface area contributed by atoms with Gasteiger partial charge in [-0.05, 0) is 31.2 Å². The summed E-state index contributed by atoms with van der Waals surface area (Å²) in [7, 11) is -2.60. The molecule has 1 aliphatic heterocycles. The van der Waals surface area contributed by atoms with Gasteiger partial charge in [0.2, 0.25) is 11.8 Å². The lowest BCUT2D eigenvalue weighted by molar-refractivity contribution is -0.140. The quantitative estimate of drug-likeness (QED) is 0.633. The molecule has 0 saturated carbocycles. The number of rotatable bonds is 7. The van der Waals surface area contributed by atoms with Gasteiger partial charge < -0.3 is 10.2 Å². The van der Waals surface area contributed by atoms with Crippen molar-refractivity contribution in [2.75, 3.05) is 13.6 Å². The highest BCUT2D eigenvalue weighted by molar-refractivity contribution is 7.90. The van der Waals surface area contributed by atoms with Crippen LogP contribution < -0.4 is 5.32 Å². The van der Waals surface area contributed by atoms with Crippen LogP contribution in [0.4, 0.5) is 0 Å². The van der Waals surface area contributed by atoms with Gasteiger partial charge in [0, 0.05) is 42.2 Å². The SMILES string of the molecule is CNC(=O)C(C)N(Cc1c(Cl)cccc1Cl)C(=O)CCN1C(=O)c2ccccc2S1(=O)=O. The van der Waals surface area contributed by atoms with Crippen LogP contribution in [0, 0.1) is 0 Å². The van der Waals surface area contributed by atoms with E-state index in [1.165, 1.54) is 37.1 Å². The Labute approximate surface area is 196 Å². The molecule has 0 spiro atoms. The third-order valence-corrected chi connectivity index (χ3v) is 7.79. The number of hydrogen-bond donors (Lipinski definition) is 1. The van der Waals surface area contributed by atoms with E-state index in [1.807, 2.05) is 0 Å². The number of nitrogens with zero attached hydrogens (tertiary/aromatic N) is 2. The van der Waals surface area contributed by atoms with Crippen molar-refractivity contribution in [3.63, 3.8) is 0 Å². The van der Waals surface area contributed by atoms with E-state index in [1.54, 1.807) is 24.3 Å². The Morgan fingerprint density at radius 2 is 1.72 bits per heavy atom. The van der Waals surface area contributed by atoms with Crippen LogP contribution in [-0.4, -0.2) is 55.0 Å². The molecule has 11 heteroatoms. The van der Waals surface area contributed by atoms with Crippen LogP contribution in [-0.2, 0) is 26.2 Å². The zero-order valence-electron chi connectivity index (χ0n) is 17.3. The minimum Gasteiger partial charge on any atom is -0.357 e. The van der Waals surface area contributed by atoms with E-state index in [4.69, 9.17) is 23.2 Å². The molecule has 1 atom stereocenters. The van der Waals surface area contributed by atoms with Gasteiger partial charge in [-0.15, -0.1) is 0 Å². The Hall–Kier alpha value is -2.62. The molecule has 3 amide bonds. The predicted molar refractivity (Wildman–Crippen MR) is 120 cm³/mol. The minimum absolute atomic E-state index is 0.0627. The number of amides is 3. The molecule has 0 bridgehead atoms. The molecular formula is C21H21Cl2N3O5S. The van der Waals surface area contributed by atoms with Gasteiger partial charge in [-0.2, -0.15) is 0 Å². The lowest BCUT2D eigenvalue weighted by atomic mass is 10.1. The predicted octanol–water partition coefficient (Wildman–Crippen LogP) is 2.69. The molecule has 0 fully saturated rings. The molecule has 1 aliphatic rings. The normalized spacial score (nSPS) is 15.2. The first kappa shape index (κ1) is 24.0. The Kier molecular flexibility index (Phi) is 7.12. The van der Waals surface area contributed by atoms with Crippen LogP contribution in [0.2, 0.25) is 10.0 Å². The Balaban J connectivity index is 1.83. The van der Waals surface area contributed by atoms with Crippen LogP contribution in [0.3, 0.4) is 0 Å². The molecule has 1 unspecified atom stereocenters. The van der Waals surface area contributed by atoms with E-state index in [9.17, 15) is 22.8 Å². The summed E-state index contributed by atoms with van der Waals surface area (Å²) in [6.45, 7) is 1.11. The topological polar surface area (TPSA) is 104 Å². The number of likely N-dealkylation sites (N-methyl/N-ethyl adjacent to an activating group) is 1. The maximum Gasteiger partial charge on any atom is 0.269 e. The number of fused-ring (bicyclic) bond motifs is 1. The summed E-state index contributed by atoms with van der Waals surface area (Å²) in [6.07, 6.45) is -0.317. The van der Waals surface area contributed by atoms with Crippen LogP contribution in [0.1, 0.15) is 29.3 Å². The van der Waals surface area contributed by atoms with Gasteiger partial charge in [0.15, 0.2) is 0 Å². The van der Waals surface area contributed by atoms with Crippen molar-refractivity contribution in [2.24, 2.45) is 0 Å². The smallest absolute Gasteiger partial charge is 0.269 e. The van der Waals surface area contributed by atoms with E-state index in [-0.39, 0.29) is 30.0 Å². The zero-order valence-corrected chi connectivity index (χ0v) is 19.7. The second-order valence-corrected chi connectivity index (χ2v) is 9.79. The molecule has 0 aliphatic carbocycles. The number of carbonyl (C=O) groups excluding carboxylic acids is 3. The van der Waals surface area contributed by atoms with E-state index < -0.39 is 33.8 Å². The van der Waals surface area contributed by atoms with Crippen LogP contribution in [0.25, 0.3) is 0 Å². The summed E-state index contributed by atoms with van der Waals surface area (Å²) in [5, 5.41) is 3.14. The van der Waals surface area contributed by atoms with Gasteiger partial charge in [0.25, 0.3) is 15.9 Å². The van der Waals surface area contributed by atoms with Crippen LogP contribution in [0.5, 0.6) is 0 Å². The Morgan fingerprint density at radius 1 is 1.09 bits per heavy atom. The van der Waals surface area contributed by atoms with Crippen molar-refractivity contribution >= 4 is 50.9 Å². The molecule has 0 aromatic heterocycles. The second-order valence-electron chi connectivity index (χ2n) is 7.14.